The number of rotatable bonds is 4. The van der Waals surface area contributed by atoms with Crippen LogP contribution in [0.25, 0.3) is 0 Å². The predicted octanol–water partition coefficient (Wildman–Crippen LogP) is 2.57. The molecule has 6 heteroatoms. The molecule has 2 fully saturated rings. The summed E-state index contributed by atoms with van der Waals surface area (Å²) >= 11 is 0. The fourth-order valence-electron chi connectivity index (χ4n) is 3.81. The van der Waals surface area contributed by atoms with Gasteiger partial charge in [-0.15, -0.1) is 0 Å². The van der Waals surface area contributed by atoms with Crippen LogP contribution in [0.2, 0.25) is 0 Å². The van der Waals surface area contributed by atoms with Crippen LogP contribution in [0.15, 0.2) is 36.7 Å². The van der Waals surface area contributed by atoms with Crippen LogP contribution < -0.4 is 4.90 Å². The van der Waals surface area contributed by atoms with Crippen LogP contribution >= 0.6 is 0 Å². The van der Waals surface area contributed by atoms with Gasteiger partial charge in [0.25, 0.3) is 0 Å². The van der Waals surface area contributed by atoms with E-state index in [1.54, 1.807) is 12.4 Å². The Hall–Kier alpha value is -2.05. The molecule has 0 radical (unpaired) electrons. The second-order valence-corrected chi connectivity index (χ2v) is 7.33. The van der Waals surface area contributed by atoms with E-state index in [9.17, 15) is 9.50 Å². The Labute approximate surface area is 153 Å². The average molecular weight is 356 g/mol. The number of nitrogens with zero attached hydrogens (tertiary/aromatic N) is 4. The lowest BCUT2D eigenvalue weighted by Crippen LogP contribution is -2.31. The zero-order chi connectivity index (χ0) is 17.9. The number of anilines is 1. The molecular weight excluding hydrogens is 331 g/mol. The molecule has 0 unspecified atom stereocenters. The number of halogens is 1. The van der Waals surface area contributed by atoms with Gasteiger partial charge in [0, 0.05) is 56.0 Å². The van der Waals surface area contributed by atoms with Gasteiger partial charge in [0.05, 0.1) is 6.10 Å². The summed E-state index contributed by atoms with van der Waals surface area (Å²) in [6.45, 7) is 4.30. The van der Waals surface area contributed by atoms with Crippen molar-refractivity contribution >= 4 is 5.82 Å². The van der Waals surface area contributed by atoms with Gasteiger partial charge in [-0.2, -0.15) is 0 Å². The molecule has 1 aromatic heterocycles. The molecule has 1 aliphatic heterocycles. The first kappa shape index (κ1) is 17.4. The van der Waals surface area contributed by atoms with Crippen molar-refractivity contribution in [2.24, 2.45) is 0 Å². The molecule has 1 aliphatic carbocycles. The van der Waals surface area contributed by atoms with Crippen molar-refractivity contribution < 1.29 is 9.50 Å². The smallest absolute Gasteiger partial charge is 0.132 e. The van der Waals surface area contributed by atoms with E-state index in [-0.39, 0.29) is 11.9 Å². The maximum atomic E-state index is 13.9. The van der Waals surface area contributed by atoms with E-state index >= 15 is 0 Å². The molecule has 5 nitrogen and oxygen atoms in total. The van der Waals surface area contributed by atoms with Gasteiger partial charge in [-0.3, -0.25) is 4.90 Å². The molecule has 1 N–H and O–H groups in total. The highest BCUT2D eigenvalue weighted by Crippen LogP contribution is 2.36. The lowest BCUT2D eigenvalue weighted by Gasteiger charge is -2.31. The van der Waals surface area contributed by atoms with Crippen LogP contribution in [-0.4, -0.2) is 52.3 Å². The Kier molecular flexibility index (Phi) is 5.13. The number of benzene rings is 1. The number of hydrogen-bond donors (Lipinski definition) is 1. The molecule has 1 saturated carbocycles. The summed E-state index contributed by atoms with van der Waals surface area (Å²) in [6.07, 6.45) is 4.08. The molecule has 2 heterocycles. The van der Waals surface area contributed by atoms with E-state index in [0.29, 0.717) is 12.5 Å². The van der Waals surface area contributed by atoms with E-state index in [1.807, 2.05) is 12.1 Å². The molecule has 138 valence electrons. The fourth-order valence-corrected chi connectivity index (χ4v) is 3.81. The largest absolute Gasteiger partial charge is 0.393 e. The first-order chi connectivity index (χ1) is 12.7. The molecule has 0 spiro atoms. The maximum Gasteiger partial charge on any atom is 0.132 e. The zero-order valence-corrected chi connectivity index (χ0v) is 14.9. The molecular formula is C20H25FN4O. The Bertz CT molecular complexity index is 750. The lowest BCUT2D eigenvalue weighted by molar-refractivity contribution is 0.0732. The highest BCUT2D eigenvalue weighted by atomic mass is 19.1. The summed E-state index contributed by atoms with van der Waals surface area (Å²) in [4.78, 5) is 13.5. The fraction of sp³-hybridized carbons (Fsp3) is 0.500. The molecule has 0 bridgehead atoms. The van der Waals surface area contributed by atoms with Gasteiger partial charge < -0.3 is 10.0 Å². The van der Waals surface area contributed by atoms with Crippen molar-refractivity contribution in [2.75, 3.05) is 31.1 Å². The highest BCUT2D eigenvalue weighted by molar-refractivity contribution is 5.40. The van der Waals surface area contributed by atoms with Gasteiger partial charge in [0.1, 0.15) is 18.0 Å². The van der Waals surface area contributed by atoms with Crippen molar-refractivity contribution in [3.05, 3.63) is 53.7 Å². The molecule has 0 amide bonds. The van der Waals surface area contributed by atoms with E-state index in [2.05, 4.69) is 25.8 Å². The second-order valence-electron chi connectivity index (χ2n) is 7.33. The van der Waals surface area contributed by atoms with E-state index in [4.69, 9.17) is 0 Å². The highest BCUT2D eigenvalue weighted by Gasteiger charge is 2.30. The number of aliphatic hydroxyl groups is 1. The summed E-state index contributed by atoms with van der Waals surface area (Å²) in [6, 6.07) is 9.09. The van der Waals surface area contributed by atoms with Crippen molar-refractivity contribution in [1.29, 1.82) is 0 Å². The van der Waals surface area contributed by atoms with E-state index in [1.165, 1.54) is 6.07 Å². The van der Waals surface area contributed by atoms with Crippen LogP contribution in [0.5, 0.6) is 0 Å². The van der Waals surface area contributed by atoms with Gasteiger partial charge in [-0.1, -0.05) is 18.2 Å². The lowest BCUT2D eigenvalue weighted by atomic mass is 9.80. The van der Waals surface area contributed by atoms with Gasteiger partial charge in [-0.05, 0) is 25.3 Å². The van der Waals surface area contributed by atoms with E-state index < -0.39 is 0 Å². The number of aliphatic hydroxyl groups excluding tert-OH is 1. The first-order valence-corrected chi connectivity index (χ1v) is 9.40. The summed E-state index contributed by atoms with van der Waals surface area (Å²) in [7, 11) is 0. The van der Waals surface area contributed by atoms with Gasteiger partial charge in [0.15, 0.2) is 0 Å². The Morgan fingerprint density at radius 2 is 1.92 bits per heavy atom. The van der Waals surface area contributed by atoms with Gasteiger partial charge >= 0.3 is 0 Å². The third kappa shape index (κ3) is 3.86. The number of hydrogen-bond acceptors (Lipinski definition) is 5. The first-order valence-electron chi connectivity index (χ1n) is 9.40. The monoisotopic (exact) mass is 356 g/mol. The molecule has 1 aromatic carbocycles. The minimum absolute atomic E-state index is 0.128. The average Bonchev–Trinajstić information content (AvgIpc) is 2.87. The zero-order valence-electron chi connectivity index (χ0n) is 14.9. The summed E-state index contributed by atoms with van der Waals surface area (Å²) in [5, 5.41) is 9.52. The Balaban J connectivity index is 1.39. The number of aromatic nitrogens is 2. The SMILES string of the molecule is OC1CC(c2cc(N3CCCN(Cc4ccccc4F)CC3)ncn2)C1. The summed E-state index contributed by atoms with van der Waals surface area (Å²) in [5.41, 5.74) is 1.79. The predicted molar refractivity (Wildman–Crippen MR) is 98.5 cm³/mol. The molecule has 2 aromatic rings. The van der Waals surface area contributed by atoms with Crippen LogP contribution in [0, 0.1) is 5.82 Å². The van der Waals surface area contributed by atoms with Crippen molar-refractivity contribution in [2.45, 2.75) is 37.8 Å². The van der Waals surface area contributed by atoms with Crippen molar-refractivity contribution in [3.8, 4) is 0 Å². The molecule has 4 rings (SSSR count). The Morgan fingerprint density at radius 3 is 2.73 bits per heavy atom. The second kappa shape index (κ2) is 7.68. The summed E-state index contributed by atoms with van der Waals surface area (Å²) < 4.78 is 13.9. The van der Waals surface area contributed by atoms with Gasteiger partial charge in [-0.25, -0.2) is 14.4 Å². The molecule has 2 aliphatic rings. The minimum atomic E-state index is -0.177. The minimum Gasteiger partial charge on any atom is -0.393 e. The van der Waals surface area contributed by atoms with Crippen LogP contribution in [-0.2, 0) is 6.54 Å². The molecule has 1 saturated heterocycles. The molecule has 26 heavy (non-hydrogen) atoms. The van der Waals surface area contributed by atoms with Crippen LogP contribution in [0.4, 0.5) is 10.2 Å². The normalized spacial score (nSPS) is 24.2. The van der Waals surface area contributed by atoms with Crippen molar-refractivity contribution in [3.63, 3.8) is 0 Å². The Morgan fingerprint density at radius 1 is 1.08 bits per heavy atom. The standard InChI is InChI=1S/C20H25FN4O/c21-18-5-2-1-4-15(18)13-24-6-3-7-25(9-8-24)20-12-19(22-14-23-20)16-10-17(26)11-16/h1-2,4-5,12,14,16-17,26H,3,6-11,13H2. The van der Waals surface area contributed by atoms with Crippen LogP contribution in [0.1, 0.15) is 36.4 Å². The van der Waals surface area contributed by atoms with Gasteiger partial charge in [0.2, 0.25) is 0 Å². The van der Waals surface area contributed by atoms with Crippen LogP contribution in [0.3, 0.4) is 0 Å². The molecule has 0 atom stereocenters. The van der Waals surface area contributed by atoms with E-state index in [0.717, 1.165) is 62.5 Å². The summed E-state index contributed by atoms with van der Waals surface area (Å²) in [5.74, 6) is 1.19. The quantitative estimate of drug-likeness (QED) is 0.913. The topological polar surface area (TPSA) is 52.5 Å². The van der Waals surface area contributed by atoms with Crippen molar-refractivity contribution in [1.82, 2.24) is 14.9 Å². The third-order valence-electron chi connectivity index (χ3n) is 5.47. The third-order valence-corrected chi connectivity index (χ3v) is 5.47. The maximum absolute atomic E-state index is 13.9.